The van der Waals surface area contributed by atoms with E-state index in [1.807, 2.05) is 11.5 Å². The summed E-state index contributed by atoms with van der Waals surface area (Å²) in [6.07, 6.45) is 2.78. The van der Waals surface area contributed by atoms with Crippen molar-refractivity contribution >= 4 is 15.8 Å². The lowest BCUT2D eigenvalue weighted by Gasteiger charge is -2.29. The van der Waals surface area contributed by atoms with Crippen LogP contribution in [0.4, 0.5) is 0 Å². The Bertz CT molecular complexity index is 598. The molecule has 112 valence electrons. The Balaban J connectivity index is 2.17. The molecule has 1 aromatic rings. The summed E-state index contributed by atoms with van der Waals surface area (Å²) in [5.41, 5.74) is 0. The van der Waals surface area contributed by atoms with Gasteiger partial charge in [0.15, 0.2) is 5.03 Å². The monoisotopic (exact) mass is 299 g/mol. The minimum absolute atomic E-state index is 0.00335. The van der Waals surface area contributed by atoms with Crippen LogP contribution >= 0.6 is 0 Å². The van der Waals surface area contributed by atoms with E-state index in [1.54, 1.807) is 20.0 Å². The van der Waals surface area contributed by atoms with Gasteiger partial charge in [0.25, 0.3) is 10.0 Å². The highest BCUT2D eigenvalue weighted by Crippen LogP contribution is 2.24. The van der Waals surface area contributed by atoms with Gasteiger partial charge < -0.3 is 4.57 Å². The molecule has 1 aromatic heterocycles. The Kier molecular flexibility index (Phi) is 4.29. The smallest absolute Gasteiger partial charge is 0.262 e. The molecule has 0 bridgehead atoms. The van der Waals surface area contributed by atoms with Crippen LogP contribution in [0.2, 0.25) is 0 Å². The van der Waals surface area contributed by atoms with Crippen molar-refractivity contribution in [2.75, 3.05) is 13.1 Å². The normalized spacial score (nSPS) is 18.4. The number of sulfonamides is 1. The van der Waals surface area contributed by atoms with E-state index in [1.165, 1.54) is 4.31 Å². The maximum Gasteiger partial charge on any atom is 0.262 e. The second kappa shape index (κ2) is 5.65. The van der Waals surface area contributed by atoms with Crippen molar-refractivity contribution < 1.29 is 13.2 Å². The van der Waals surface area contributed by atoms with Crippen molar-refractivity contribution in [3.63, 3.8) is 0 Å². The number of hydrogen-bond donors (Lipinski definition) is 0. The zero-order valence-corrected chi connectivity index (χ0v) is 13.0. The molecule has 7 heteroatoms. The van der Waals surface area contributed by atoms with Gasteiger partial charge in [-0.2, -0.15) is 4.31 Å². The lowest BCUT2D eigenvalue weighted by molar-refractivity contribution is -0.121. The molecule has 2 heterocycles. The molecule has 0 N–H and O–H groups in total. The predicted octanol–water partition coefficient (Wildman–Crippen LogP) is 1.20. The van der Waals surface area contributed by atoms with Crippen LogP contribution in [0.3, 0.4) is 0 Å². The number of aromatic nitrogens is 2. The first kappa shape index (κ1) is 15.2. The molecule has 1 aliphatic rings. The molecule has 0 radical (unpaired) electrons. The topological polar surface area (TPSA) is 72.3 Å². The van der Waals surface area contributed by atoms with Crippen LogP contribution in [0.1, 0.15) is 32.5 Å². The van der Waals surface area contributed by atoms with E-state index >= 15 is 0 Å². The van der Waals surface area contributed by atoms with E-state index in [9.17, 15) is 13.2 Å². The van der Waals surface area contributed by atoms with Crippen LogP contribution in [-0.4, -0.2) is 41.1 Å². The van der Waals surface area contributed by atoms with Gasteiger partial charge in [-0.25, -0.2) is 13.4 Å². The molecule has 0 atom stereocenters. The van der Waals surface area contributed by atoms with Gasteiger partial charge in [-0.05, 0) is 33.6 Å². The number of Topliss-reactive ketones (excluding diaryl/α,β-unsaturated/α-hetero) is 1. The van der Waals surface area contributed by atoms with Crippen molar-refractivity contribution in [2.45, 2.75) is 45.2 Å². The molecule has 1 fully saturated rings. The lowest BCUT2D eigenvalue weighted by Crippen LogP contribution is -2.40. The van der Waals surface area contributed by atoms with Crippen LogP contribution in [0, 0.1) is 12.8 Å². The fraction of sp³-hybridized carbons (Fsp3) is 0.692. The molecule has 20 heavy (non-hydrogen) atoms. The number of ketones is 1. The van der Waals surface area contributed by atoms with Gasteiger partial charge in [-0.15, -0.1) is 0 Å². The Hall–Kier alpha value is -1.21. The van der Waals surface area contributed by atoms with Gasteiger partial charge in [-0.1, -0.05) is 0 Å². The van der Waals surface area contributed by atoms with E-state index in [4.69, 9.17) is 0 Å². The summed E-state index contributed by atoms with van der Waals surface area (Å²) in [4.78, 5) is 15.5. The molecule has 0 unspecified atom stereocenters. The average Bonchev–Trinajstić information content (AvgIpc) is 2.80. The minimum atomic E-state index is -3.53. The summed E-state index contributed by atoms with van der Waals surface area (Å²) in [6, 6.07) is 0. The zero-order chi connectivity index (χ0) is 14.9. The van der Waals surface area contributed by atoms with E-state index < -0.39 is 10.0 Å². The van der Waals surface area contributed by atoms with Gasteiger partial charge in [0.05, 0.1) is 0 Å². The molecule has 1 aliphatic heterocycles. The van der Waals surface area contributed by atoms with E-state index in [2.05, 4.69) is 4.98 Å². The largest absolute Gasteiger partial charge is 0.334 e. The summed E-state index contributed by atoms with van der Waals surface area (Å²) in [5, 5.41) is 0.109. The quantitative estimate of drug-likeness (QED) is 0.837. The molecule has 1 saturated heterocycles. The maximum atomic E-state index is 12.5. The van der Waals surface area contributed by atoms with Crippen LogP contribution in [0.15, 0.2) is 11.2 Å². The summed E-state index contributed by atoms with van der Waals surface area (Å²) in [6.45, 7) is 6.80. The third-order valence-electron chi connectivity index (χ3n) is 3.93. The van der Waals surface area contributed by atoms with Gasteiger partial charge in [-0.3, -0.25) is 4.79 Å². The molecule has 6 nitrogen and oxygen atoms in total. The van der Waals surface area contributed by atoms with Crippen molar-refractivity contribution in [2.24, 2.45) is 5.92 Å². The third kappa shape index (κ3) is 2.78. The highest BCUT2D eigenvalue weighted by atomic mass is 32.2. The fourth-order valence-corrected chi connectivity index (χ4v) is 4.02. The lowest BCUT2D eigenvalue weighted by atomic mass is 9.95. The molecular formula is C13H21N3O3S. The Labute approximate surface area is 119 Å². The Morgan fingerprint density at radius 1 is 1.40 bits per heavy atom. The number of imidazole rings is 1. The third-order valence-corrected chi connectivity index (χ3v) is 5.70. The molecule has 0 spiro atoms. The number of piperidine rings is 1. The zero-order valence-electron chi connectivity index (χ0n) is 12.2. The SMILES string of the molecule is CCn1cc(S(=O)(=O)N2CCC(C(C)=O)CC2)nc1C. The first-order valence-electron chi connectivity index (χ1n) is 6.90. The predicted molar refractivity (Wildman–Crippen MR) is 74.8 cm³/mol. The standard InChI is InChI=1S/C13H21N3O3S/c1-4-15-9-13(14-11(15)3)20(18,19)16-7-5-12(6-8-16)10(2)17/h9,12H,4-8H2,1-3H3. The number of carbonyl (C=O) groups excluding carboxylic acids is 1. The second-order valence-corrected chi connectivity index (χ2v) is 7.09. The van der Waals surface area contributed by atoms with Crippen LogP contribution < -0.4 is 0 Å². The summed E-state index contributed by atoms with van der Waals surface area (Å²) in [7, 11) is -3.53. The maximum absolute atomic E-state index is 12.5. The van der Waals surface area contributed by atoms with Crippen LogP contribution in [-0.2, 0) is 21.4 Å². The summed E-state index contributed by atoms with van der Waals surface area (Å²) >= 11 is 0. The molecule has 0 aromatic carbocycles. The van der Waals surface area contributed by atoms with Gasteiger partial charge in [0.1, 0.15) is 11.6 Å². The number of carbonyl (C=O) groups is 1. The van der Waals surface area contributed by atoms with E-state index in [0.717, 1.165) is 0 Å². The fourth-order valence-electron chi connectivity index (χ4n) is 2.56. The number of aryl methyl sites for hydroxylation is 2. The summed E-state index contributed by atoms with van der Waals surface area (Å²) in [5.74, 6) is 0.842. The van der Waals surface area contributed by atoms with Gasteiger partial charge in [0, 0.05) is 31.7 Å². The van der Waals surface area contributed by atoms with Crippen LogP contribution in [0.5, 0.6) is 0 Å². The number of rotatable bonds is 4. The van der Waals surface area contributed by atoms with Gasteiger partial charge >= 0.3 is 0 Å². The average molecular weight is 299 g/mol. The number of hydrogen-bond acceptors (Lipinski definition) is 4. The number of nitrogens with zero attached hydrogens (tertiary/aromatic N) is 3. The van der Waals surface area contributed by atoms with Crippen LogP contribution in [0.25, 0.3) is 0 Å². The van der Waals surface area contributed by atoms with Crippen molar-refractivity contribution in [3.8, 4) is 0 Å². The Morgan fingerprint density at radius 2 is 2.00 bits per heavy atom. The van der Waals surface area contributed by atoms with Crippen molar-refractivity contribution in [1.82, 2.24) is 13.9 Å². The van der Waals surface area contributed by atoms with Crippen molar-refractivity contribution in [3.05, 3.63) is 12.0 Å². The highest BCUT2D eigenvalue weighted by molar-refractivity contribution is 7.89. The highest BCUT2D eigenvalue weighted by Gasteiger charge is 2.32. The van der Waals surface area contributed by atoms with Gasteiger partial charge in [0.2, 0.25) is 0 Å². The molecular weight excluding hydrogens is 278 g/mol. The molecule has 0 amide bonds. The first-order chi connectivity index (χ1) is 9.36. The molecule has 0 aliphatic carbocycles. The van der Waals surface area contributed by atoms with E-state index in [-0.39, 0.29) is 16.7 Å². The Morgan fingerprint density at radius 3 is 2.45 bits per heavy atom. The summed E-state index contributed by atoms with van der Waals surface area (Å²) < 4.78 is 28.3. The molecule has 0 saturated carbocycles. The van der Waals surface area contributed by atoms with Crippen molar-refractivity contribution in [1.29, 1.82) is 0 Å². The molecule has 2 rings (SSSR count). The second-order valence-electron chi connectivity index (χ2n) is 5.20. The first-order valence-corrected chi connectivity index (χ1v) is 8.34. The minimum Gasteiger partial charge on any atom is -0.334 e. The van der Waals surface area contributed by atoms with E-state index in [0.29, 0.717) is 38.3 Å².